The number of sulfonamides is 1. The summed E-state index contributed by atoms with van der Waals surface area (Å²) in [6.45, 7) is 5.53. The number of ether oxygens (including phenoxy) is 4. The molecule has 0 aromatic heterocycles. The molecule has 0 spiro atoms. The van der Waals surface area contributed by atoms with Gasteiger partial charge in [-0.25, -0.2) is 8.42 Å². The van der Waals surface area contributed by atoms with Gasteiger partial charge >= 0.3 is 5.97 Å². The monoisotopic (exact) mass is 589 g/mol. The Balaban J connectivity index is 1.49. The Labute approximate surface area is 243 Å². The minimum atomic E-state index is -3.92. The predicted octanol–water partition coefficient (Wildman–Crippen LogP) is 3.69. The van der Waals surface area contributed by atoms with Crippen LogP contribution >= 0.6 is 0 Å². The molecule has 0 bridgehead atoms. The summed E-state index contributed by atoms with van der Waals surface area (Å²) >= 11 is 0. The molecule has 2 fully saturated rings. The summed E-state index contributed by atoms with van der Waals surface area (Å²) in [7, 11) is -2.40. The van der Waals surface area contributed by atoms with Crippen molar-refractivity contribution in [1.29, 1.82) is 0 Å². The maximum Gasteiger partial charge on any atom is 0.306 e. The molecule has 10 heteroatoms. The molecular formula is C31H43NO8S. The van der Waals surface area contributed by atoms with Gasteiger partial charge < -0.3 is 24.1 Å². The number of rotatable bonds is 13. The second-order valence-electron chi connectivity index (χ2n) is 11.5. The number of nitrogens with zero attached hydrogens (tertiary/aromatic N) is 1. The lowest BCUT2D eigenvalue weighted by Crippen LogP contribution is -2.43. The molecule has 2 saturated heterocycles. The molecule has 9 nitrogen and oxygen atoms in total. The van der Waals surface area contributed by atoms with Crippen molar-refractivity contribution in [3.8, 4) is 5.75 Å². The lowest BCUT2D eigenvalue weighted by molar-refractivity contribution is -0.155. The molecule has 2 aromatic rings. The van der Waals surface area contributed by atoms with Crippen LogP contribution < -0.4 is 4.74 Å². The van der Waals surface area contributed by atoms with Crippen molar-refractivity contribution < 1.29 is 37.3 Å². The predicted molar refractivity (Wildman–Crippen MR) is 154 cm³/mol. The van der Waals surface area contributed by atoms with E-state index in [-0.39, 0.29) is 36.4 Å². The van der Waals surface area contributed by atoms with E-state index in [1.807, 2.05) is 44.2 Å². The fourth-order valence-corrected chi connectivity index (χ4v) is 7.17. The van der Waals surface area contributed by atoms with Crippen LogP contribution in [0.2, 0.25) is 0 Å². The Morgan fingerprint density at radius 2 is 1.80 bits per heavy atom. The minimum absolute atomic E-state index is 0.0182. The van der Waals surface area contributed by atoms with Gasteiger partial charge in [0.25, 0.3) is 0 Å². The average molecular weight is 590 g/mol. The number of aliphatic hydroxyl groups excluding tert-OH is 1. The zero-order chi connectivity index (χ0) is 29.4. The second-order valence-corrected chi connectivity index (χ2v) is 13.4. The van der Waals surface area contributed by atoms with Crippen molar-refractivity contribution >= 4 is 16.0 Å². The van der Waals surface area contributed by atoms with Gasteiger partial charge in [-0.05, 0) is 48.6 Å². The molecular weight excluding hydrogens is 546 g/mol. The summed E-state index contributed by atoms with van der Waals surface area (Å²) in [5.41, 5.74) is 0.942. The highest BCUT2D eigenvalue weighted by atomic mass is 32.2. The molecule has 226 valence electrons. The first-order chi connectivity index (χ1) is 19.7. The van der Waals surface area contributed by atoms with E-state index in [0.717, 1.165) is 12.0 Å². The first-order valence-electron chi connectivity index (χ1n) is 14.4. The number of benzene rings is 2. The highest BCUT2D eigenvalue weighted by Gasteiger charge is 2.36. The molecule has 2 aliphatic rings. The third kappa shape index (κ3) is 8.75. The number of hydrogen-bond acceptors (Lipinski definition) is 8. The van der Waals surface area contributed by atoms with Crippen LogP contribution in [0.3, 0.4) is 0 Å². The van der Waals surface area contributed by atoms with Crippen LogP contribution in [-0.4, -0.2) is 82.1 Å². The Morgan fingerprint density at radius 1 is 1.07 bits per heavy atom. The summed E-state index contributed by atoms with van der Waals surface area (Å²) in [5, 5.41) is 11.5. The van der Waals surface area contributed by atoms with Gasteiger partial charge in [-0.15, -0.1) is 0 Å². The van der Waals surface area contributed by atoms with Crippen LogP contribution in [0.5, 0.6) is 5.75 Å². The number of fused-ring (bicyclic) bond motifs is 1. The summed E-state index contributed by atoms with van der Waals surface area (Å²) in [4.78, 5) is 13.3. The van der Waals surface area contributed by atoms with Crippen LogP contribution in [0.4, 0.5) is 0 Å². The van der Waals surface area contributed by atoms with E-state index in [4.69, 9.17) is 18.9 Å². The number of hydrogen-bond donors (Lipinski definition) is 1. The van der Waals surface area contributed by atoms with Gasteiger partial charge in [-0.3, -0.25) is 4.79 Å². The Hall–Kier alpha value is -2.50. The second kappa shape index (κ2) is 14.6. The summed E-state index contributed by atoms with van der Waals surface area (Å²) < 4.78 is 51.2. The molecule has 2 aromatic carbocycles. The molecule has 0 saturated carbocycles. The summed E-state index contributed by atoms with van der Waals surface area (Å²) in [6.07, 6.45) is 0.367. The van der Waals surface area contributed by atoms with Crippen LogP contribution in [0.1, 0.15) is 38.7 Å². The lowest BCUT2D eigenvalue weighted by atomic mass is 9.90. The molecule has 0 aliphatic carbocycles. The van der Waals surface area contributed by atoms with Gasteiger partial charge in [0.2, 0.25) is 10.0 Å². The van der Waals surface area contributed by atoms with Crippen LogP contribution in [0.25, 0.3) is 0 Å². The van der Waals surface area contributed by atoms with E-state index in [0.29, 0.717) is 44.3 Å². The normalized spacial score (nSPS) is 22.6. The van der Waals surface area contributed by atoms with E-state index in [1.54, 1.807) is 12.1 Å². The van der Waals surface area contributed by atoms with Crippen molar-refractivity contribution in [3.05, 3.63) is 60.2 Å². The van der Waals surface area contributed by atoms with Gasteiger partial charge in [0, 0.05) is 38.0 Å². The largest absolute Gasteiger partial charge is 0.497 e. The SMILES string of the molecule is COc1ccc(S(=O)(=O)N(CC(C)C)C[C@@H](O)[C@@H](CC(=O)OC2COCC3CCOC3C2)Cc2ccccc2)cc1. The van der Waals surface area contributed by atoms with Crippen molar-refractivity contribution in [3.63, 3.8) is 0 Å². The Bertz CT molecular complexity index is 1200. The zero-order valence-electron chi connectivity index (χ0n) is 24.2. The zero-order valence-corrected chi connectivity index (χ0v) is 25.0. The number of methoxy groups -OCH3 is 1. The van der Waals surface area contributed by atoms with Crippen molar-refractivity contribution in [2.24, 2.45) is 17.8 Å². The Morgan fingerprint density at radius 3 is 2.49 bits per heavy atom. The molecule has 4 rings (SSSR count). The molecule has 1 N–H and O–H groups in total. The molecule has 0 amide bonds. The number of aliphatic hydroxyl groups is 1. The van der Waals surface area contributed by atoms with Gasteiger partial charge in [-0.2, -0.15) is 4.31 Å². The van der Waals surface area contributed by atoms with Gasteiger partial charge in [0.05, 0.1) is 43.8 Å². The van der Waals surface area contributed by atoms with E-state index in [1.165, 1.54) is 23.5 Å². The molecule has 41 heavy (non-hydrogen) atoms. The number of carbonyl (C=O) groups is 1. The highest BCUT2D eigenvalue weighted by molar-refractivity contribution is 7.89. The summed E-state index contributed by atoms with van der Waals surface area (Å²) in [5.74, 6) is -0.109. The van der Waals surface area contributed by atoms with Crippen molar-refractivity contribution in [1.82, 2.24) is 4.31 Å². The molecule has 3 unspecified atom stereocenters. The van der Waals surface area contributed by atoms with Gasteiger partial charge in [0.15, 0.2) is 0 Å². The maximum absolute atomic E-state index is 13.6. The maximum atomic E-state index is 13.6. The van der Waals surface area contributed by atoms with Crippen LogP contribution in [0.15, 0.2) is 59.5 Å². The smallest absolute Gasteiger partial charge is 0.306 e. The fourth-order valence-electron chi connectivity index (χ4n) is 5.55. The van der Waals surface area contributed by atoms with E-state index in [2.05, 4.69) is 0 Å². The first-order valence-corrected chi connectivity index (χ1v) is 15.8. The average Bonchev–Trinajstić information content (AvgIpc) is 3.30. The van der Waals surface area contributed by atoms with E-state index in [9.17, 15) is 18.3 Å². The Kier molecular flexibility index (Phi) is 11.2. The third-order valence-corrected chi connectivity index (χ3v) is 9.59. The van der Waals surface area contributed by atoms with Crippen molar-refractivity contribution in [2.45, 2.75) is 62.7 Å². The fraction of sp³-hybridized carbons (Fsp3) is 0.581. The lowest BCUT2D eigenvalue weighted by Gasteiger charge is -2.30. The quantitative estimate of drug-likeness (QED) is 0.352. The molecule has 5 atom stereocenters. The minimum Gasteiger partial charge on any atom is -0.497 e. The third-order valence-electron chi connectivity index (χ3n) is 7.75. The standard InChI is InChI=1S/C31H43NO8S/c1-22(2)18-32(41(35,36)28-11-9-26(37-3)10-12-28)19-29(33)25(15-23-7-5-4-6-8-23)16-31(34)40-27-17-30-24(13-14-39-30)20-38-21-27/h4-12,22,24-25,27,29-30,33H,13-21H2,1-3H3/t24?,25-,27?,29-,30?/m1/s1. The topological polar surface area (TPSA) is 112 Å². The number of carbonyl (C=O) groups excluding carboxylic acids is 1. The van der Waals surface area contributed by atoms with Gasteiger partial charge in [0.1, 0.15) is 11.9 Å². The van der Waals surface area contributed by atoms with Gasteiger partial charge in [-0.1, -0.05) is 44.2 Å². The highest BCUT2D eigenvalue weighted by Crippen LogP contribution is 2.29. The first kappa shape index (κ1) is 31.4. The van der Waals surface area contributed by atoms with Crippen molar-refractivity contribution in [2.75, 3.05) is 40.0 Å². The summed E-state index contributed by atoms with van der Waals surface area (Å²) in [6, 6.07) is 15.8. The molecule has 2 heterocycles. The van der Waals surface area contributed by atoms with E-state index >= 15 is 0 Å². The number of esters is 1. The molecule has 2 aliphatic heterocycles. The molecule has 0 radical (unpaired) electrons. The van der Waals surface area contributed by atoms with Crippen LogP contribution in [0, 0.1) is 17.8 Å². The van der Waals surface area contributed by atoms with E-state index < -0.39 is 34.1 Å². The van der Waals surface area contributed by atoms with Crippen LogP contribution in [-0.2, 0) is 35.4 Å².